The van der Waals surface area contributed by atoms with E-state index < -0.39 is 0 Å². The number of carbonyl (C=O) groups excluding carboxylic acids is 1. The summed E-state index contributed by atoms with van der Waals surface area (Å²) in [5.74, 6) is 0.595. The highest BCUT2D eigenvalue weighted by Gasteiger charge is 2.20. The van der Waals surface area contributed by atoms with Gasteiger partial charge in [0.05, 0.1) is 29.6 Å². The number of nitrogens with one attached hydrogen (secondary N) is 1. The van der Waals surface area contributed by atoms with E-state index in [1.54, 1.807) is 19.2 Å². The minimum Gasteiger partial charge on any atom is -0.454 e. The lowest BCUT2D eigenvalue weighted by atomic mass is 10.1. The Morgan fingerprint density at radius 2 is 1.94 bits per heavy atom. The lowest BCUT2D eigenvalue weighted by molar-refractivity contribution is 0.0908. The van der Waals surface area contributed by atoms with Crippen LogP contribution in [0.5, 0.6) is 0 Å². The molecule has 0 bridgehead atoms. The molecule has 170 valence electrons. The van der Waals surface area contributed by atoms with Gasteiger partial charge in [-0.05, 0) is 31.2 Å². The summed E-state index contributed by atoms with van der Waals surface area (Å²) in [4.78, 5) is 19.2. The summed E-state index contributed by atoms with van der Waals surface area (Å²) in [5.41, 5.74) is 3.96. The summed E-state index contributed by atoms with van der Waals surface area (Å²) in [6.45, 7) is 3.28. The maximum Gasteiger partial charge on any atom is 0.287 e. The van der Waals surface area contributed by atoms with E-state index in [1.807, 2.05) is 34.5 Å². The highest BCUT2D eigenvalue weighted by atomic mass is 35.5. The molecule has 2 aromatic carbocycles. The van der Waals surface area contributed by atoms with Crippen molar-refractivity contribution in [2.75, 3.05) is 25.2 Å². The molecule has 1 N–H and O–H groups in total. The van der Waals surface area contributed by atoms with E-state index in [-0.39, 0.29) is 11.7 Å². The molecule has 1 amide bonds. The van der Waals surface area contributed by atoms with Crippen LogP contribution in [0.15, 0.2) is 70.5 Å². The zero-order valence-electron chi connectivity index (χ0n) is 18.4. The van der Waals surface area contributed by atoms with Crippen LogP contribution in [0.25, 0.3) is 11.3 Å². The Morgan fingerprint density at radius 3 is 2.70 bits per heavy atom. The zero-order chi connectivity index (χ0) is 23.2. The Balaban J connectivity index is 1.60. The largest absolute Gasteiger partial charge is 0.454 e. The van der Waals surface area contributed by atoms with Gasteiger partial charge in [-0.1, -0.05) is 53.6 Å². The first kappa shape index (κ1) is 23.0. The van der Waals surface area contributed by atoms with Gasteiger partial charge in [-0.2, -0.15) is 0 Å². The van der Waals surface area contributed by atoms with Gasteiger partial charge in [0.15, 0.2) is 10.9 Å². The Hall–Kier alpha value is -3.13. The molecule has 0 spiro atoms. The fourth-order valence-electron chi connectivity index (χ4n) is 3.27. The Morgan fingerprint density at radius 1 is 1.15 bits per heavy atom. The van der Waals surface area contributed by atoms with Crippen LogP contribution in [-0.2, 0) is 11.3 Å². The second-order valence-corrected chi connectivity index (χ2v) is 8.68. The standard InChI is InChI=1S/C25H24ClN3O3S/c1-17-7-9-18(10-8-17)21-16-33-25(28-21)29(22-6-4-3-5-20(22)26)15-19-11-12-23(32-19)24(30)27-13-14-31-2/h3-12,16H,13-15H2,1-2H3,(H,27,30). The van der Waals surface area contributed by atoms with Crippen LogP contribution < -0.4 is 10.2 Å². The summed E-state index contributed by atoms with van der Waals surface area (Å²) < 4.78 is 10.8. The molecule has 0 unspecified atom stereocenters. The highest BCUT2D eigenvalue weighted by Crippen LogP contribution is 2.37. The van der Waals surface area contributed by atoms with Gasteiger partial charge in [-0.15, -0.1) is 11.3 Å². The molecule has 0 aliphatic carbocycles. The number of furan rings is 1. The van der Waals surface area contributed by atoms with Gasteiger partial charge in [0.2, 0.25) is 0 Å². The second-order valence-electron chi connectivity index (χ2n) is 7.43. The van der Waals surface area contributed by atoms with Crippen molar-refractivity contribution in [1.82, 2.24) is 10.3 Å². The third kappa shape index (κ3) is 5.63. The van der Waals surface area contributed by atoms with Crippen LogP contribution in [0.1, 0.15) is 21.9 Å². The molecule has 2 aromatic heterocycles. The highest BCUT2D eigenvalue weighted by molar-refractivity contribution is 7.14. The van der Waals surface area contributed by atoms with Crippen molar-refractivity contribution in [1.29, 1.82) is 0 Å². The predicted molar refractivity (Wildman–Crippen MR) is 132 cm³/mol. The van der Waals surface area contributed by atoms with E-state index in [0.717, 1.165) is 22.1 Å². The number of anilines is 2. The first-order valence-corrected chi connectivity index (χ1v) is 11.7. The van der Waals surface area contributed by atoms with Crippen LogP contribution in [-0.4, -0.2) is 31.2 Å². The molecular formula is C25H24ClN3O3S. The van der Waals surface area contributed by atoms with Crippen LogP contribution in [0.2, 0.25) is 5.02 Å². The van der Waals surface area contributed by atoms with E-state index in [4.69, 9.17) is 25.7 Å². The van der Waals surface area contributed by atoms with Crippen molar-refractivity contribution in [2.45, 2.75) is 13.5 Å². The van der Waals surface area contributed by atoms with E-state index in [9.17, 15) is 4.79 Å². The number of rotatable bonds is 9. The van der Waals surface area contributed by atoms with E-state index in [2.05, 4.69) is 36.5 Å². The second kappa shape index (κ2) is 10.7. The van der Waals surface area contributed by atoms with Gasteiger partial charge in [0, 0.05) is 24.6 Å². The number of hydrogen-bond donors (Lipinski definition) is 1. The molecule has 0 radical (unpaired) electrons. The maximum absolute atomic E-state index is 12.3. The Bertz CT molecular complexity index is 1220. The first-order chi connectivity index (χ1) is 16.0. The topological polar surface area (TPSA) is 67.6 Å². The lowest BCUT2D eigenvalue weighted by Crippen LogP contribution is -2.26. The number of ether oxygens (including phenoxy) is 1. The number of para-hydroxylation sites is 1. The molecule has 4 aromatic rings. The third-order valence-electron chi connectivity index (χ3n) is 5.00. The van der Waals surface area contributed by atoms with Gasteiger partial charge in [-0.3, -0.25) is 4.79 Å². The van der Waals surface area contributed by atoms with Gasteiger partial charge >= 0.3 is 0 Å². The average Bonchev–Trinajstić information content (AvgIpc) is 3.49. The van der Waals surface area contributed by atoms with E-state index >= 15 is 0 Å². The van der Waals surface area contributed by atoms with Crippen LogP contribution in [0.4, 0.5) is 10.8 Å². The van der Waals surface area contributed by atoms with Crippen LogP contribution in [0, 0.1) is 6.92 Å². The molecule has 0 aliphatic rings. The normalized spacial score (nSPS) is 10.9. The summed E-state index contributed by atoms with van der Waals surface area (Å²) in [7, 11) is 1.59. The molecule has 0 fully saturated rings. The van der Waals surface area contributed by atoms with Crippen molar-refractivity contribution in [3.8, 4) is 11.3 Å². The molecule has 0 aliphatic heterocycles. The SMILES string of the molecule is COCCNC(=O)c1ccc(CN(c2nc(-c3ccc(C)cc3)cs2)c2ccccc2Cl)o1. The summed E-state index contributed by atoms with van der Waals surface area (Å²) >= 11 is 8.06. The third-order valence-corrected chi connectivity index (χ3v) is 6.19. The van der Waals surface area contributed by atoms with Crippen LogP contribution in [0.3, 0.4) is 0 Å². The molecule has 0 saturated carbocycles. The minimum absolute atomic E-state index is 0.250. The molecule has 0 atom stereocenters. The fraction of sp³-hybridized carbons (Fsp3) is 0.200. The molecule has 6 nitrogen and oxygen atoms in total. The number of amides is 1. The number of aryl methyl sites for hydroxylation is 1. The Kier molecular flexibility index (Phi) is 7.44. The van der Waals surface area contributed by atoms with Crippen molar-refractivity contribution in [3.63, 3.8) is 0 Å². The molecule has 2 heterocycles. The monoisotopic (exact) mass is 481 g/mol. The average molecular weight is 482 g/mol. The van der Waals surface area contributed by atoms with Gasteiger partial charge < -0.3 is 19.4 Å². The summed E-state index contributed by atoms with van der Waals surface area (Å²) in [5, 5.41) is 6.17. The number of nitrogens with zero attached hydrogens (tertiary/aromatic N) is 2. The number of methoxy groups -OCH3 is 1. The molecule has 4 rings (SSSR count). The zero-order valence-corrected chi connectivity index (χ0v) is 19.9. The first-order valence-electron chi connectivity index (χ1n) is 10.5. The number of benzene rings is 2. The predicted octanol–water partition coefficient (Wildman–Crippen LogP) is 6.08. The number of aromatic nitrogens is 1. The molecule has 33 heavy (non-hydrogen) atoms. The fourth-order valence-corrected chi connectivity index (χ4v) is 4.35. The summed E-state index contributed by atoms with van der Waals surface area (Å²) in [6.07, 6.45) is 0. The van der Waals surface area contributed by atoms with Crippen molar-refractivity contribution < 1.29 is 13.9 Å². The van der Waals surface area contributed by atoms with Crippen LogP contribution >= 0.6 is 22.9 Å². The smallest absolute Gasteiger partial charge is 0.287 e. The minimum atomic E-state index is -0.279. The van der Waals surface area contributed by atoms with E-state index in [0.29, 0.717) is 30.5 Å². The van der Waals surface area contributed by atoms with Crippen molar-refractivity contribution in [3.05, 3.63) is 88.2 Å². The molecule has 0 saturated heterocycles. The van der Waals surface area contributed by atoms with Gasteiger partial charge in [0.25, 0.3) is 5.91 Å². The number of hydrogen-bond acceptors (Lipinski definition) is 6. The van der Waals surface area contributed by atoms with Gasteiger partial charge in [-0.25, -0.2) is 4.98 Å². The van der Waals surface area contributed by atoms with Crippen molar-refractivity contribution >= 4 is 39.7 Å². The molecular weight excluding hydrogens is 458 g/mol. The summed E-state index contributed by atoms with van der Waals surface area (Å²) in [6, 6.07) is 19.3. The van der Waals surface area contributed by atoms with Crippen molar-refractivity contribution in [2.24, 2.45) is 0 Å². The lowest BCUT2D eigenvalue weighted by Gasteiger charge is -2.22. The number of thiazole rings is 1. The number of carbonyl (C=O) groups is 1. The van der Waals surface area contributed by atoms with Gasteiger partial charge in [0.1, 0.15) is 5.76 Å². The molecule has 8 heteroatoms. The van der Waals surface area contributed by atoms with E-state index in [1.165, 1.54) is 16.9 Å². The Labute approximate surface area is 201 Å². The number of halogens is 1. The quantitative estimate of drug-likeness (QED) is 0.293. The maximum atomic E-state index is 12.3.